The molecular weight excluding hydrogens is 212 g/mol. The second kappa shape index (κ2) is 5.87. The Morgan fingerprint density at radius 2 is 2.00 bits per heavy atom. The summed E-state index contributed by atoms with van der Waals surface area (Å²) < 4.78 is 0. The molecule has 0 bridgehead atoms. The molecule has 1 aromatic heterocycles. The molecule has 1 rings (SSSR count). The first-order chi connectivity index (χ1) is 7.95. The van der Waals surface area contributed by atoms with Crippen molar-refractivity contribution in [1.82, 2.24) is 9.88 Å². The molecular formula is C13H24N4. The van der Waals surface area contributed by atoms with E-state index in [2.05, 4.69) is 55.4 Å². The molecule has 0 aliphatic heterocycles. The van der Waals surface area contributed by atoms with Crippen LogP contribution in [0.3, 0.4) is 0 Å². The van der Waals surface area contributed by atoms with Gasteiger partial charge in [0.15, 0.2) is 0 Å². The number of rotatable bonds is 6. The Hall–Kier alpha value is -1.29. The fourth-order valence-corrected chi connectivity index (χ4v) is 1.29. The van der Waals surface area contributed by atoms with Crippen LogP contribution in [0.4, 0.5) is 11.5 Å². The monoisotopic (exact) mass is 236 g/mol. The van der Waals surface area contributed by atoms with Crippen molar-refractivity contribution < 1.29 is 0 Å². The molecule has 0 amide bonds. The smallest absolute Gasteiger partial charge is 0.127 e. The minimum atomic E-state index is 0.127. The van der Waals surface area contributed by atoms with Gasteiger partial charge in [0.05, 0.1) is 0 Å². The van der Waals surface area contributed by atoms with Gasteiger partial charge < -0.3 is 15.5 Å². The fraction of sp³-hybridized carbons (Fsp3) is 0.615. The Balaban J connectivity index is 2.60. The maximum absolute atomic E-state index is 4.25. The SMILES string of the molecule is CCNc1cc(NCC(C)(C)N(C)C)ccn1. The average molecular weight is 236 g/mol. The Kier molecular flexibility index (Phi) is 4.75. The molecule has 0 saturated carbocycles. The minimum absolute atomic E-state index is 0.127. The van der Waals surface area contributed by atoms with Crippen LogP contribution in [-0.4, -0.2) is 42.6 Å². The molecule has 4 heteroatoms. The largest absolute Gasteiger partial charge is 0.383 e. The van der Waals surface area contributed by atoms with Crippen LogP contribution >= 0.6 is 0 Å². The Morgan fingerprint density at radius 3 is 2.59 bits per heavy atom. The molecule has 0 aliphatic carbocycles. The van der Waals surface area contributed by atoms with E-state index in [0.29, 0.717) is 0 Å². The molecule has 0 fully saturated rings. The maximum Gasteiger partial charge on any atom is 0.127 e. The van der Waals surface area contributed by atoms with E-state index >= 15 is 0 Å². The van der Waals surface area contributed by atoms with Crippen LogP contribution in [0.2, 0.25) is 0 Å². The Bertz CT molecular complexity index is 347. The van der Waals surface area contributed by atoms with Gasteiger partial charge in [-0.3, -0.25) is 0 Å². The molecule has 0 atom stereocenters. The summed E-state index contributed by atoms with van der Waals surface area (Å²) in [6, 6.07) is 4.03. The first kappa shape index (κ1) is 13.8. The van der Waals surface area contributed by atoms with Gasteiger partial charge in [-0.25, -0.2) is 4.98 Å². The summed E-state index contributed by atoms with van der Waals surface area (Å²) in [5, 5.41) is 6.65. The second-order valence-electron chi connectivity index (χ2n) is 5.02. The van der Waals surface area contributed by atoms with Gasteiger partial charge in [0.25, 0.3) is 0 Å². The highest BCUT2D eigenvalue weighted by Gasteiger charge is 2.19. The van der Waals surface area contributed by atoms with E-state index < -0.39 is 0 Å². The van der Waals surface area contributed by atoms with E-state index in [1.807, 2.05) is 18.3 Å². The van der Waals surface area contributed by atoms with Gasteiger partial charge in [0.1, 0.15) is 5.82 Å². The molecule has 4 nitrogen and oxygen atoms in total. The van der Waals surface area contributed by atoms with Crippen LogP contribution in [0.25, 0.3) is 0 Å². The van der Waals surface area contributed by atoms with Crippen LogP contribution in [0.15, 0.2) is 18.3 Å². The molecule has 0 saturated heterocycles. The maximum atomic E-state index is 4.25. The van der Waals surface area contributed by atoms with Gasteiger partial charge in [-0.15, -0.1) is 0 Å². The molecule has 0 radical (unpaired) electrons. The summed E-state index contributed by atoms with van der Waals surface area (Å²) >= 11 is 0. The quantitative estimate of drug-likeness (QED) is 0.795. The summed E-state index contributed by atoms with van der Waals surface area (Å²) in [7, 11) is 4.19. The average Bonchev–Trinajstić information content (AvgIpc) is 2.27. The van der Waals surface area contributed by atoms with Gasteiger partial charge >= 0.3 is 0 Å². The van der Waals surface area contributed by atoms with Crippen molar-refractivity contribution in [2.45, 2.75) is 26.3 Å². The van der Waals surface area contributed by atoms with Crippen LogP contribution in [0, 0.1) is 0 Å². The molecule has 0 aliphatic rings. The van der Waals surface area contributed by atoms with E-state index in [1.54, 1.807) is 0 Å². The van der Waals surface area contributed by atoms with Crippen LogP contribution in [-0.2, 0) is 0 Å². The van der Waals surface area contributed by atoms with Crippen molar-refractivity contribution >= 4 is 11.5 Å². The van der Waals surface area contributed by atoms with E-state index in [0.717, 1.165) is 24.6 Å². The van der Waals surface area contributed by atoms with Gasteiger partial charge in [0.2, 0.25) is 0 Å². The molecule has 96 valence electrons. The Morgan fingerprint density at radius 1 is 1.29 bits per heavy atom. The highest BCUT2D eigenvalue weighted by molar-refractivity contribution is 5.51. The van der Waals surface area contributed by atoms with Crippen molar-refractivity contribution in [3.8, 4) is 0 Å². The number of hydrogen-bond donors (Lipinski definition) is 2. The summed E-state index contributed by atoms with van der Waals surface area (Å²) in [4.78, 5) is 6.46. The third kappa shape index (κ3) is 4.23. The topological polar surface area (TPSA) is 40.2 Å². The lowest BCUT2D eigenvalue weighted by molar-refractivity contribution is 0.210. The zero-order valence-corrected chi connectivity index (χ0v) is 11.5. The molecule has 1 aromatic rings. The van der Waals surface area contributed by atoms with Crippen molar-refractivity contribution in [1.29, 1.82) is 0 Å². The predicted molar refractivity (Wildman–Crippen MR) is 74.7 cm³/mol. The molecule has 0 spiro atoms. The third-order valence-corrected chi connectivity index (χ3v) is 3.05. The lowest BCUT2D eigenvalue weighted by Gasteiger charge is -2.33. The number of pyridine rings is 1. The molecule has 17 heavy (non-hydrogen) atoms. The highest BCUT2D eigenvalue weighted by atomic mass is 15.2. The molecule has 2 N–H and O–H groups in total. The normalized spacial score (nSPS) is 11.6. The summed E-state index contributed by atoms with van der Waals surface area (Å²) in [6.45, 7) is 8.28. The lowest BCUT2D eigenvalue weighted by atomic mass is 10.0. The van der Waals surface area contributed by atoms with Gasteiger partial charge in [-0.1, -0.05) is 0 Å². The van der Waals surface area contributed by atoms with E-state index in [9.17, 15) is 0 Å². The zero-order valence-electron chi connectivity index (χ0n) is 11.5. The molecule has 0 unspecified atom stereocenters. The number of aromatic nitrogens is 1. The Labute approximate surface area is 104 Å². The summed E-state index contributed by atoms with van der Waals surface area (Å²) in [6.07, 6.45) is 1.82. The van der Waals surface area contributed by atoms with E-state index in [-0.39, 0.29) is 5.54 Å². The molecule has 0 aromatic carbocycles. The third-order valence-electron chi connectivity index (χ3n) is 3.05. The predicted octanol–water partition coefficient (Wildman–Crippen LogP) is 2.27. The lowest BCUT2D eigenvalue weighted by Crippen LogP contribution is -2.44. The number of hydrogen-bond acceptors (Lipinski definition) is 4. The van der Waals surface area contributed by atoms with Crippen molar-refractivity contribution in [3.05, 3.63) is 18.3 Å². The van der Waals surface area contributed by atoms with Crippen molar-refractivity contribution in [2.75, 3.05) is 37.8 Å². The standard InChI is InChI=1S/C13H24N4/c1-6-14-12-9-11(7-8-15-12)16-10-13(2,3)17(4)5/h7-9H,6,10H2,1-5H3,(H2,14,15,16). The second-order valence-corrected chi connectivity index (χ2v) is 5.02. The van der Waals surface area contributed by atoms with E-state index in [1.165, 1.54) is 0 Å². The number of anilines is 2. The number of likely N-dealkylation sites (N-methyl/N-ethyl adjacent to an activating group) is 1. The molecule has 1 heterocycles. The highest BCUT2D eigenvalue weighted by Crippen LogP contribution is 2.15. The van der Waals surface area contributed by atoms with Gasteiger partial charge in [-0.2, -0.15) is 0 Å². The summed E-state index contributed by atoms with van der Waals surface area (Å²) in [5.74, 6) is 0.917. The van der Waals surface area contributed by atoms with Gasteiger partial charge in [-0.05, 0) is 40.9 Å². The summed E-state index contributed by atoms with van der Waals surface area (Å²) in [5.41, 5.74) is 1.23. The van der Waals surface area contributed by atoms with Crippen molar-refractivity contribution in [3.63, 3.8) is 0 Å². The van der Waals surface area contributed by atoms with Crippen molar-refractivity contribution in [2.24, 2.45) is 0 Å². The zero-order chi connectivity index (χ0) is 12.9. The van der Waals surface area contributed by atoms with Crippen LogP contribution in [0.5, 0.6) is 0 Å². The minimum Gasteiger partial charge on any atom is -0.383 e. The van der Waals surface area contributed by atoms with Gasteiger partial charge in [0, 0.05) is 36.6 Å². The number of nitrogens with one attached hydrogen (secondary N) is 2. The first-order valence-electron chi connectivity index (χ1n) is 6.07. The van der Waals surface area contributed by atoms with E-state index in [4.69, 9.17) is 0 Å². The van der Waals surface area contributed by atoms with Crippen LogP contribution < -0.4 is 10.6 Å². The van der Waals surface area contributed by atoms with Crippen LogP contribution in [0.1, 0.15) is 20.8 Å². The first-order valence-corrected chi connectivity index (χ1v) is 6.07. The fourth-order valence-electron chi connectivity index (χ4n) is 1.29. The number of nitrogens with zero attached hydrogens (tertiary/aromatic N) is 2.